The number of benzene rings is 1. The summed E-state index contributed by atoms with van der Waals surface area (Å²) in [7, 11) is 3.09. The molecular formula is C13H11N3O3. The van der Waals surface area contributed by atoms with Gasteiger partial charge in [-0.15, -0.1) is 5.10 Å². The third kappa shape index (κ3) is 2.90. The number of methoxy groups -OCH3 is 2. The highest BCUT2D eigenvalue weighted by molar-refractivity contribution is 5.45. The summed E-state index contributed by atoms with van der Waals surface area (Å²) in [6.07, 6.45) is 1.43. The molecule has 0 aliphatic heterocycles. The second-order valence-electron chi connectivity index (χ2n) is 3.51. The van der Waals surface area contributed by atoms with Crippen LogP contribution in [0.25, 0.3) is 0 Å². The smallest absolute Gasteiger partial charge is 0.256 e. The highest BCUT2D eigenvalue weighted by Crippen LogP contribution is 2.30. The highest BCUT2D eigenvalue weighted by Gasteiger charge is 2.09. The van der Waals surface area contributed by atoms with Crippen LogP contribution in [-0.4, -0.2) is 24.4 Å². The maximum absolute atomic E-state index is 8.95. The Bertz CT molecular complexity index is 601. The molecule has 0 spiro atoms. The summed E-state index contributed by atoms with van der Waals surface area (Å²) < 4.78 is 15.8. The zero-order valence-corrected chi connectivity index (χ0v) is 10.5. The summed E-state index contributed by atoms with van der Waals surface area (Å²) >= 11 is 0. The van der Waals surface area contributed by atoms with Crippen LogP contribution in [0.3, 0.4) is 0 Å². The Kier molecular flexibility index (Phi) is 3.78. The molecule has 0 saturated heterocycles. The van der Waals surface area contributed by atoms with Crippen molar-refractivity contribution in [3.05, 3.63) is 36.0 Å². The van der Waals surface area contributed by atoms with Gasteiger partial charge in [0.1, 0.15) is 28.9 Å². The fraction of sp³-hybridized carbons (Fsp3) is 0.154. The lowest BCUT2D eigenvalue weighted by Gasteiger charge is -2.09. The lowest BCUT2D eigenvalue weighted by molar-refractivity contribution is 0.384. The van der Waals surface area contributed by atoms with E-state index in [-0.39, 0.29) is 5.88 Å². The number of hydrogen-bond acceptors (Lipinski definition) is 6. The van der Waals surface area contributed by atoms with Gasteiger partial charge in [-0.3, -0.25) is 0 Å². The monoisotopic (exact) mass is 257 g/mol. The van der Waals surface area contributed by atoms with Gasteiger partial charge in [-0.25, -0.2) is 0 Å². The maximum atomic E-state index is 8.95. The van der Waals surface area contributed by atoms with E-state index in [2.05, 4.69) is 10.2 Å². The quantitative estimate of drug-likeness (QED) is 0.835. The van der Waals surface area contributed by atoms with Crippen LogP contribution >= 0.6 is 0 Å². The molecule has 0 aliphatic rings. The van der Waals surface area contributed by atoms with Gasteiger partial charge in [0, 0.05) is 18.2 Å². The van der Waals surface area contributed by atoms with Crippen molar-refractivity contribution in [2.24, 2.45) is 0 Å². The Morgan fingerprint density at radius 2 is 1.68 bits per heavy atom. The van der Waals surface area contributed by atoms with E-state index in [1.54, 1.807) is 32.4 Å². The second kappa shape index (κ2) is 5.69. The van der Waals surface area contributed by atoms with Gasteiger partial charge in [0.2, 0.25) is 0 Å². The van der Waals surface area contributed by atoms with Crippen LogP contribution in [-0.2, 0) is 0 Å². The molecule has 1 aromatic heterocycles. The minimum atomic E-state index is 0.139. The summed E-state index contributed by atoms with van der Waals surface area (Å²) in [6.45, 7) is 0. The molecule has 2 rings (SSSR count). The average Bonchev–Trinajstić information content (AvgIpc) is 2.47. The third-order valence-electron chi connectivity index (χ3n) is 2.35. The first-order chi connectivity index (χ1) is 9.26. The van der Waals surface area contributed by atoms with Crippen LogP contribution in [0.4, 0.5) is 0 Å². The van der Waals surface area contributed by atoms with Crippen molar-refractivity contribution in [2.75, 3.05) is 14.2 Å². The fourth-order valence-electron chi connectivity index (χ4n) is 1.43. The summed E-state index contributed by atoms with van der Waals surface area (Å²) in [5, 5.41) is 16.4. The van der Waals surface area contributed by atoms with Gasteiger partial charge in [0.05, 0.1) is 20.4 Å². The Balaban J connectivity index is 2.35. The Labute approximate surface area is 110 Å². The lowest BCUT2D eigenvalue weighted by Crippen LogP contribution is -1.95. The molecule has 2 aromatic rings. The van der Waals surface area contributed by atoms with Gasteiger partial charge in [-0.1, -0.05) is 0 Å². The number of nitrogens with zero attached hydrogens (tertiary/aromatic N) is 3. The molecule has 0 bridgehead atoms. The van der Waals surface area contributed by atoms with Gasteiger partial charge in [-0.2, -0.15) is 10.4 Å². The van der Waals surface area contributed by atoms with Crippen molar-refractivity contribution in [3.63, 3.8) is 0 Å². The second-order valence-corrected chi connectivity index (χ2v) is 3.51. The molecule has 96 valence electrons. The van der Waals surface area contributed by atoms with E-state index >= 15 is 0 Å². The fourth-order valence-corrected chi connectivity index (χ4v) is 1.43. The van der Waals surface area contributed by atoms with Crippen LogP contribution in [0.5, 0.6) is 23.1 Å². The minimum absolute atomic E-state index is 0.139. The Morgan fingerprint density at radius 3 is 2.26 bits per heavy atom. The summed E-state index contributed by atoms with van der Waals surface area (Å²) in [6, 6.07) is 8.56. The van der Waals surface area contributed by atoms with Crippen molar-refractivity contribution in [3.8, 4) is 29.2 Å². The van der Waals surface area contributed by atoms with Gasteiger partial charge in [0.15, 0.2) is 0 Å². The third-order valence-corrected chi connectivity index (χ3v) is 2.35. The number of ether oxygens (including phenoxy) is 3. The molecule has 0 saturated carbocycles. The van der Waals surface area contributed by atoms with Gasteiger partial charge >= 0.3 is 0 Å². The summed E-state index contributed by atoms with van der Waals surface area (Å²) in [5.74, 6) is 1.75. The van der Waals surface area contributed by atoms with E-state index in [1.165, 1.54) is 12.3 Å². The molecule has 0 atom stereocenters. The van der Waals surface area contributed by atoms with Crippen molar-refractivity contribution in [2.45, 2.75) is 0 Å². The molecule has 0 amide bonds. The van der Waals surface area contributed by atoms with Crippen molar-refractivity contribution in [1.82, 2.24) is 10.2 Å². The molecule has 0 N–H and O–H groups in total. The van der Waals surface area contributed by atoms with Gasteiger partial charge in [0.25, 0.3) is 5.88 Å². The van der Waals surface area contributed by atoms with Gasteiger partial charge in [-0.05, 0) is 6.07 Å². The molecule has 0 aliphatic carbocycles. The molecule has 0 radical (unpaired) electrons. The van der Waals surface area contributed by atoms with Gasteiger partial charge < -0.3 is 14.2 Å². The number of rotatable bonds is 4. The number of nitriles is 1. The number of aromatic nitrogens is 2. The molecule has 0 unspecified atom stereocenters. The number of hydrogen-bond donors (Lipinski definition) is 0. The minimum Gasteiger partial charge on any atom is -0.496 e. The highest BCUT2D eigenvalue weighted by atomic mass is 16.5. The Morgan fingerprint density at radius 1 is 1.05 bits per heavy atom. The van der Waals surface area contributed by atoms with E-state index < -0.39 is 0 Å². The van der Waals surface area contributed by atoms with E-state index in [9.17, 15) is 0 Å². The van der Waals surface area contributed by atoms with Crippen molar-refractivity contribution < 1.29 is 14.2 Å². The molecule has 1 aromatic carbocycles. The summed E-state index contributed by atoms with van der Waals surface area (Å²) in [4.78, 5) is 0. The van der Waals surface area contributed by atoms with Crippen LogP contribution in [0, 0.1) is 11.3 Å². The molecule has 19 heavy (non-hydrogen) atoms. The predicted molar refractivity (Wildman–Crippen MR) is 66.4 cm³/mol. The van der Waals surface area contributed by atoms with Crippen LogP contribution in [0.15, 0.2) is 30.5 Å². The SMILES string of the molecule is COc1cc(OC)cc(Oc2nnccc2C#N)c1. The molecular weight excluding hydrogens is 246 g/mol. The van der Waals surface area contributed by atoms with E-state index in [4.69, 9.17) is 19.5 Å². The van der Waals surface area contributed by atoms with E-state index in [1.807, 2.05) is 6.07 Å². The summed E-state index contributed by atoms with van der Waals surface area (Å²) in [5.41, 5.74) is 0.303. The Hall–Kier alpha value is -2.81. The van der Waals surface area contributed by atoms with Crippen LogP contribution in [0.1, 0.15) is 5.56 Å². The van der Waals surface area contributed by atoms with Crippen LogP contribution < -0.4 is 14.2 Å². The van der Waals surface area contributed by atoms with E-state index in [0.717, 1.165) is 0 Å². The molecule has 6 nitrogen and oxygen atoms in total. The lowest BCUT2D eigenvalue weighted by atomic mass is 10.3. The maximum Gasteiger partial charge on any atom is 0.256 e. The normalized spacial score (nSPS) is 9.53. The topological polar surface area (TPSA) is 77.3 Å². The van der Waals surface area contributed by atoms with Crippen LogP contribution in [0.2, 0.25) is 0 Å². The zero-order chi connectivity index (χ0) is 13.7. The molecule has 0 fully saturated rings. The average molecular weight is 257 g/mol. The standard InChI is InChI=1S/C13H11N3O3/c1-17-10-5-11(18-2)7-12(6-10)19-13-9(8-14)3-4-15-16-13/h3-7H,1-2H3. The first-order valence-corrected chi connectivity index (χ1v) is 5.39. The first-order valence-electron chi connectivity index (χ1n) is 5.39. The molecule has 1 heterocycles. The van der Waals surface area contributed by atoms with Crippen molar-refractivity contribution in [1.29, 1.82) is 5.26 Å². The largest absolute Gasteiger partial charge is 0.496 e. The first kappa shape index (κ1) is 12.6. The zero-order valence-electron chi connectivity index (χ0n) is 10.5. The predicted octanol–water partition coefficient (Wildman–Crippen LogP) is 2.16. The van der Waals surface area contributed by atoms with Crippen molar-refractivity contribution >= 4 is 0 Å². The molecule has 6 heteroatoms. The van der Waals surface area contributed by atoms with E-state index in [0.29, 0.717) is 22.8 Å².